The SMILES string of the molecule is CCNC1CCCN(CC(O)CC)C1. The highest BCUT2D eigenvalue weighted by atomic mass is 16.3. The standard InChI is InChI=1S/C11H24N2O/c1-3-11(14)9-13-7-5-6-10(8-13)12-4-2/h10-12,14H,3-9H2,1-2H3. The minimum atomic E-state index is -0.143. The van der Waals surface area contributed by atoms with E-state index in [2.05, 4.69) is 17.1 Å². The lowest BCUT2D eigenvalue weighted by molar-refractivity contribution is 0.0890. The molecule has 3 nitrogen and oxygen atoms in total. The molecule has 2 N–H and O–H groups in total. The molecule has 0 aliphatic carbocycles. The molecule has 0 aromatic rings. The van der Waals surface area contributed by atoms with Crippen LogP contribution in [0.15, 0.2) is 0 Å². The molecule has 84 valence electrons. The Balaban J connectivity index is 2.25. The fourth-order valence-corrected chi connectivity index (χ4v) is 2.10. The topological polar surface area (TPSA) is 35.5 Å². The molecule has 1 aliphatic heterocycles. The van der Waals surface area contributed by atoms with Crippen molar-refractivity contribution in [1.29, 1.82) is 0 Å². The molecule has 2 unspecified atom stereocenters. The Morgan fingerprint density at radius 3 is 2.93 bits per heavy atom. The van der Waals surface area contributed by atoms with E-state index in [0.717, 1.165) is 32.6 Å². The normalized spacial score (nSPS) is 26.4. The zero-order valence-electron chi connectivity index (χ0n) is 9.50. The van der Waals surface area contributed by atoms with E-state index in [0.29, 0.717) is 6.04 Å². The smallest absolute Gasteiger partial charge is 0.0664 e. The molecule has 2 atom stereocenters. The van der Waals surface area contributed by atoms with Crippen molar-refractivity contribution in [3.63, 3.8) is 0 Å². The first kappa shape index (κ1) is 12.0. The summed E-state index contributed by atoms with van der Waals surface area (Å²) in [7, 11) is 0. The fourth-order valence-electron chi connectivity index (χ4n) is 2.10. The molecule has 3 heteroatoms. The molecule has 1 fully saturated rings. The lowest BCUT2D eigenvalue weighted by Crippen LogP contribution is -2.47. The Morgan fingerprint density at radius 2 is 2.29 bits per heavy atom. The Bertz CT molecular complexity index is 150. The number of likely N-dealkylation sites (tertiary alicyclic amines) is 1. The second kappa shape index (κ2) is 6.38. The molecule has 1 rings (SSSR count). The molecule has 14 heavy (non-hydrogen) atoms. The van der Waals surface area contributed by atoms with Crippen molar-refractivity contribution in [2.75, 3.05) is 26.2 Å². The van der Waals surface area contributed by atoms with Crippen LogP contribution in [0, 0.1) is 0 Å². The Hall–Kier alpha value is -0.120. The first-order chi connectivity index (χ1) is 6.76. The molecule has 1 heterocycles. The maximum absolute atomic E-state index is 9.56. The van der Waals surface area contributed by atoms with Crippen molar-refractivity contribution >= 4 is 0 Å². The lowest BCUT2D eigenvalue weighted by Gasteiger charge is -2.34. The lowest BCUT2D eigenvalue weighted by atomic mass is 10.1. The van der Waals surface area contributed by atoms with Gasteiger partial charge in [0.1, 0.15) is 0 Å². The first-order valence-electron chi connectivity index (χ1n) is 5.90. The minimum Gasteiger partial charge on any atom is -0.392 e. The summed E-state index contributed by atoms with van der Waals surface area (Å²) < 4.78 is 0. The molecule has 1 aliphatic rings. The van der Waals surface area contributed by atoms with Gasteiger partial charge in [0, 0.05) is 19.1 Å². The minimum absolute atomic E-state index is 0.143. The Morgan fingerprint density at radius 1 is 1.50 bits per heavy atom. The van der Waals surface area contributed by atoms with Gasteiger partial charge in [0.05, 0.1) is 6.10 Å². The van der Waals surface area contributed by atoms with Crippen LogP contribution in [-0.4, -0.2) is 48.3 Å². The zero-order chi connectivity index (χ0) is 10.4. The van der Waals surface area contributed by atoms with Crippen molar-refractivity contribution in [3.8, 4) is 0 Å². The largest absolute Gasteiger partial charge is 0.392 e. The Labute approximate surface area is 87.5 Å². The van der Waals surface area contributed by atoms with E-state index < -0.39 is 0 Å². The summed E-state index contributed by atoms with van der Waals surface area (Å²) in [6, 6.07) is 0.637. The van der Waals surface area contributed by atoms with Crippen LogP contribution in [0.2, 0.25) is 0 Å². The van der Waals surface area contributed by atoms with E-state index in [9.17, 15) is 5.11 Å². The molecule has 0 spiro atoms. The molecule has 1 saturated heterocycles. The maximum Gasteiger partial charge on any atom is 0.0664 e. The number of nitrogens with zero attached hydrogens (tertiary/aromatic N) is 1. The molecule has 0 radical (unpaired) electrons. The van der Waals surface area contributed by atoms with Gasteiger partial charge in [-0.1, -0.05) is 13.8 Å². The quantitative estimate of drug-likeness (QED) is 0.690. The first-order valence-corrected chi connectivity index (χ1v) is 5.90. The highest BCUT2D eigenvalue weighted by Crippen LogP contribution is 2.10. The van der Waals surface area contributed by atoms with Gasteiger partial charge in [-0.25, -0.2) is 0 Å². The van der Waals surface area contributed by atoms with E-state index in [1.54, 1.807) is 0 Å². The van der Waals surface area contributed by atoms with Gasteiger partial charge in [-0.15, -0.1) is 0 Å². The number of hydrogen-bond donors (Lipinski definition) is 2. The Kier molecular flexibility index (Phi) is 5.45. The van der Waals surface area contributed by atoms with E-state index in [-0.39, 0.29) is 6.10 Å². The number of aliphatic hydroxyl groups excluding tert-OH is 1. The van der Waals surface area contributed by atoms with Crippen LogP contribution in [0.25, 0.3) is 0 Å². The second-order valence-electron chi connectivity index (χ2n) is 4.22. The van der Waals surface area contributed by atoms with Gasteiger partial charge < -0.3 is 10.4 Å². The third-order valence-electron chi connectivity index (χ3n) is 2.94. The van der Waals surface area contributed by atoms with Crippen LogP contribution in [-0.2, 0) is 0 Å². The summed E-state index contributed by atoms with van der Waals surface area (Å²) in [6.07, 6.45) is 3.26. The second-order valence-corrected chi connectivity index (χ2v) is 4.22. The number of nitrogens with one attached hydrogen (secondary N) is 1. The van der Waals surface area contributed by atoms with E-state index in [1.807, 2.05) is 6.92 Å². The molecule has 0 aromatic carbocycles. The predicted molar refractivity (Wildman–Crippen MR) is 59.4 cm³/mol. The number of rotatable bonds is 5. The molecule has 0 aromatic heterocycles. The van der Waals surface area contributed by atoms with Gasteiger partial charge >= 0.3 is 0 Å². The van der Waals surface area contributed by atoms with Gasteiger partial charge in [-0.05, 0) is 32.4 Å². The van der Waals surface area contributed by atoms with Gasteiger partial charge in [0.25, 0.3) is 0 Å². The molecule has 0 amide bonds. The molecule has 0 bridgehead atoms. The summed E-state index contributed by atoms with van der Waals surface area (Å²) >= 11 is 0. The van der Waals surface area contributed by atoms with Crippen LogP contribution >= 0.6 is 0 Å². The molecule has 0 saturated carbocycles. The average Bonchev–Trinajstić information content (AvgIpc) is 2.19. The monoisotopic (exact) mass is 200 g/mol. The molecular weight excluding hydrogens is 176 g/mol. The van der Waals surface area contributed by atoms with Crippen molar-refractivity contribution in [1.82, 2.24) is 10.2 Å². The van der Waals surface area contributed by atoms with E-state index >= 15 is 0 Å². The number of hydrogen-bond acceptors (Lipinski definition) is 3. The predicted octanol–water partition coefficient (Wildman–Crippen LogP) is 0.831. The van der Waals surface area contributed by atoms with Crippen molar-refractivity contribution < 1.29 is 5.11 Å². The number of piperidine rings is 1. The number of β-amino-alcohol motifs (C(OH)–C–C–N with tert-alkyl or cyclic N) is 1. The maximum atomic E-state index is 9.56. The number of aliphatic hydroxyl groups is 1. The summed E-state index contributed by atoms with van der Waals surface area (Å²) in [5.41, 5.74) is 0. The zero-order valence-corrected chi connectivity index (χ0v) is 9.50. The van der Waals surface area contributed by atoms with Crippen molar-refractivity contribution in [2.24, 2.45) is 0 Å². The van der Waals surface area contributed by atoms with Gasteiger partial charge in [0.2, 0.25) is 0 Å². The van der Waals surface area contributed by atoms with Crippen LogP contribution in [0.5, 0.6) is 0 Å². The van der Waals surface area contributed by atoms with Crippen molar-refractivity contribution in [2.45, 2.75) is 45.3 Å². The number of likely N-dealkylation sites (N-methyl/N-ethyl adjacent to an activating group) is 1. The summed E-state index contributed by atoms with van der Waals surface area (Å²) in [5.74, 6) is 0. The van der Waals surface area contributed by atoms with E-state index in [4.69, 9.17) is 0 Å². The summed E-state index contributed by atoms with van der Waals surface area (Å²) in [4.78, 5) is 2.38. The third kappa shape index (κ3) is 3.95. The van der Waals surface area contributed by atoms with E-state index in [1.165, 1.54) is 12.8 Å². The average molecular weight is 200 g/mol. The van der Waals surface area contributed by atoms with Crippen LogP contribution in [0.1, 0.15) is 33.1 Å². The fraction of sp³-hybridized carbons (Fsp3) is 1.00. The van der Waals surface area contributed by atoms with Gasteiger partial charge in [-0.2, -0.15) is 0 Å². The highest BCUT2D eigenvalue weighted by Gasteiger charge is 2.20. The summed E-state index contributed by atoms with van der Waals surface area (Å²) in [5, 5.41) is 13.0. The van der Waals surface area contributed by atoms with Crippen LogP contribution in [0.3, 0.4) is 0 Å². The molecular formula is C11H24N2O. The van der Waals surface area contributed by atoms with Crippen molar-refractivity contribution in [3.05, 3.63) is 0 Å². The third-order valence-corrected chi connectivity index (χ3v) is 2.94. The van der Waals surface area contributed by atoms with Crippen LogP contribution in [0.4, 0.5) is 0 Å². The summed E-state index contributed by atoms with van der Waals surface area (Å²) in [6.45, 7) is 8.34. The highest BCUT2D eigenvalue weighted by molar-refractivity contribution is 4.78. The van der Waals surface area contributed by atoms with Gasteiger partial charge in [-0.3, -0.25) is 4.90 Å². The van der Waals surface area contributed by atoms with Crippen LogP contribution < -0.4 is 5.32 Å². The van der Waals surface area contributed by atoms with Gasteiger partial charge in [0.15, 0.2) is 0 Å².